The second-order valence-corrected chi connectivity index (χ2v) is 9.64. The van der Waals surface area contributed by atoms with E-state index in [1.807, 2.05) is 42.5 Å². The lowest BCUT2D eigenvalue weighted by Crippen LogP contribution is -2.28. The molecule has 5 rings (SSSR count). The van der Waals surface area contributed by atoms with Crippen molar-refractivity contribution in [2.24, 2.45) is 5.92 Å². The third-order valence-corrected chi connectivity index (χ3v) is 7.66. The number of hydrogen-bond donors (Lipinski definition) is 2. The number of nitrogens with zero attached hydrogens (tertiary/aromatic N) is 1. The molecule has 0 bridgehead atoms. The Kier molecular flexibility index (Phi) is 4.60. The summed E-state index contributed by atoms with van der Waals surface area (Å²) in [4.78, 5) is 0.310. The molecule has 4 aromatic rings. The van der Waals surface area contributed by atoms with Gasteiger partial charge in [-0.2, -0.15) is 5.10 Å². The van der Waals surface area contributed by atoms with Gasteiger partial charge < -0.3 is 5.32 Å². The van der Waals surface area contributed by atoms with Gasteiger partial charge in [-0.05, 0) is 67.4 Å². The van der Waals surface area contributed by atoms with Crippen molar-refractivity contribution in [3.63, 3.8) is 0 Å². The zero-order valence-electron chi connectivity index (χ0n) is 16.1. The van der Waals surface area contributed by atoms with Gasteiger partial charge in [0.1, 0.15) is 0 Å². The molecule has 29 heavy (non-hydrogen) atoms. The molecule has 1 aromatic heterocycles. The number of benzene rings is 3. The normalized spacial score (nSPS) is 15.9. The standard InChI is InChI=1S/C23H23N3O2S/c27-29(28,22-7-3-5-18-4-1-2-6-19(18)22)23-20-15-17(8-9-21(20)25-26-23)14-16-10-12-24-13-11-16/h1-9,15-16,24H,10-14H2,(H,25,26). The number of sulfone groups is 1. The predicted octanol–water partition coefficient (Wildman–Crippen LogP) is 4.09. The quantitative estimate of drug-likeness (QED) is 0.536. The van der Waals surface area contributed by atoms with Gasteiger partial charge in [0.15, 0.2) is 5.03 Å². The second kappa shape index (κ2) is 7.28. The largest absolute Gasteiger partial charge is 0.317 e. The molecule has 5 nitrogen and oxygen atoms in total. The molecular weight excluding hydrogens is 382 g/mol. The van der Waals surface area contributed by atoms with Crippen LogP contribution in [-0.2, 0) is 16.3 Å². The van der Waals surface area contributed by atoms with Crippen LogP contribution in [-0.4, -0.2) is 31.7 Å². The lowest BCUT2D eigenvalue weighted by atomic mass is 9.91. The average Bonchev–Trinajstić information content (AvgIpc) is 3.18. The van der Waals surface area contributed by atoms with Gasteiger partial charge in [-0.3, -0.25) is 5.10 Å². The van der Waals surface area contributed by atoms with Gasteiger partial charge in [0.05, 0.1) is 10.4 Å². The highest BCUT2D eigenvalue weighted by Gasteiger charge is 2.25. The van der Waals surface area contributed by atoms with Crippen LogP contribution >= 0.6 is 0 Å². The summed E-state index contributed by atoms with van der Waals surface area (Å²) in [5.74, 6) is 0.638. The van der Waals surface area contributed by atoms with Crippen molar-refractivity contribution in [3.05, 3.63) is 66.2 Å². The van der Waals surface area contributed by atoms with E-state index in [0.29, 0.717) is 21.7 Å². The molecule has 0 radical (unpaired) electrons. The third-order valence-electron chi connectivity index (χ3n) is 5.87. The minimum absolute atomic E-state index is 0.177. The first-order chi connectivity index (χ1) is 14.1. The Labute approximate surface area is 170 Å². The highest BCUT2D eigenvalue weighted by molar-refractivity contribution is 7.91. The fourth-order valence-electron chi connectivity index (χ4n) is 4.32. The van der Waals surface area contributed by atoms with Gasteiger partial charge >= 0.3 is 0 Å². The van der Waals surface area contributed by atoms with Crippen molar-refractivity contribution in [2.75, 3.05) is 13.1 Å². The van der Waals surface area contributed by atoms with E-state index < -0.39 is 9.84 Å². The predicted molar refractivity (Wildman–Crippen MR) is 115 cm³/mol. The summed E-state index contributed by atoms with van der Waals surface area (Å²) in [7, 11) is -3.73. The molecule has 0 aliphatic carbocycles. The highest BCUT2D eigenvalue weighted by Crippen LogP contribution is 2.32. The number of aromatic nitrogens is 2. The van der Waals surface area contributed by atoms with Crippen LogP contribution in [0.25, 0.3) is 21.7 Å². The SMILES string of the molecule is O=S(=O)(c1cccc2ccccc12)c1[nH]nc2ccc(CC3CCNCC3)cc12. The van der Waals surface area contributed by atoms with E-state index in [1.54, 1.807) is 12.1 Å². The number of aromatic amines is 1. The van der Waals surface area contributed by atoms with Gasteiger partial charge in [0, 0.05) is 10.8 Å². The fraction of sp³-hybridized carbons (Fsp3) is 0.261. The summed E-state index contributed by atoms with van der Waals surface area (Å²) in [5.41, 5.74) is 1.85. The molecule has 6 heteroatoms. The van der Waals surface area contributed by atoms with Gasteiger partial charge in [0.25, 0.3) is 0 Å². The number of H-pyrrole nitrogens is 1. The molecule has 0 atom stereocenters. The van der Waals surface area contributed by atoms with Crippen molar-refractivity contribution < 1.29 is 8.42 Å². The Balaban J connectivity index is 1.59. The van der Waals surface area contributed by atoms with Crippen molar-refractivity contribution in [3.8, 4) is 0 Å². The van der Waals surface area contributed by atoms with E-state index in [4.69, 9.17) is 0 Å². The van der Waals surface area contributed by atoms with Gasteiger partial charge in [-0.15, -0.1) is 0 Å². The van der Waals surface area contributed by atoms with Crippen LogP contribution in [0, 0.1) is 5.92 Å². The van der Waals surface area contributed by atoms with Crippen LogP contribution in [0.5, 0.6) is 0 Å². The monoisotopic (exact) mass is 405 g/mol. The molecule has 2 heterocycles. The first-order valence-corrected chi connectivity index (χ1v) is 11.5. The first kappa shape index (κ1) is 18.3. The van der Waals surface area contributed by atoms with Crippen LogP contribution in [0.2, 0.25) is 0 Å². The molecule has 3 aromatic carbocycles. The molecule has 1 fully saturated rings. The van der Waals surface area contributed by atoms with E-state index in [9.17, 15) is 8.42 Å². The van der Waals surface area contributed by atoms with Crippen LogP contribution in [0.1, 0.15) is 18.4 Å². The maximum Gasteiger partial charge on any atom is 0.224 e. The fourth-order valence-corrected chi connectivity index (χ4v) is 5.90. The van der Waals surface area contributed by atoms with Crippen LogP contribution < -0.4 is 5.32 Å². The van der Waals surface area contributed by atoms with E-state index in [2.05, 4.69) is 21.6 Å². The van der Waals surface area contributed by atoms with Gasteiger partial charge in [0.2, 0.25) is 9.84 Å². The summed E-state index contributed by atoms with van der Waals surface area (Å²) in [6.45, 7) is 2.11. The molecular formula is C23H23N3O2S. The van der Waals surface area contributed by atoms with E-state index in [-0.39, 0.29) is 5.03 Å². The summed E-state index contributed by atoms with van der Waals surface area (Å²) in [6.07, 6.45) is 3.28. The van der Waals surface area contributed by atoms with Crippen molar-refractivity contribution in [1.29, 1.82) is 0 Å². The minimum Gasteiger partial charge on any atom is -0.317 e. The number of rotatable bonds is 4. The highest BCUT2D eigenvalue weighted by atomic mass is 32.2. The third kappa shape index (κ3) is 3.32. The molecule has 0 spiro atoms. The zero-order chi connectivity index (χ0) is 19.8. The topological polar surface area (TPSA) is 74.8 Å². The van der Waals surface area contributed by atoms with Crippen LogP contribution in [0.3, 0.4) is 0 Å². The average molecular weight is 406 g/mol. The lowest BCUT2D eigenvalue weighted by molar-refractivity contribution is 0.373. The second-order valence-electron chi connectivity index (χ2n) is 7.78. The van der Waals surface area contributed by atoms with Crippen molar-refractivity contribution in [1.82, 2.24) is 15.5 Å². The smallest absolute Gasteiger partial charge is 0.224 e. The van der Waals surface area contributed by atoms with E-state index in [1.165, 1.54) is 5.56 Å². The lowest BCUT2D eigenvalue weighted by Gasteiger charge is -2.22. The van der Waals surface area contributed by atoms with Gasteiger partial charge in [-0.25, -0.2) is 8.42 Å². The van der Waals surface area contributed by atoms with Crippen LogP contribution in [0.15, 0.2) is 70.6 Å². The number of fused-ring (bicyclic) bond motifs is 2. The molecule has 0 unspecified atom stereocenters. The molecule has 0 amide bonds. The maximum absolute atomic E-state index is 13.5. The van der Waals surface area contributed by atoms with Crippen molar-refractivity contribution in [2.45, 2.75) is 29.2 Å². The maximum atomic E-state index is 13.5. The summed E-state index contributed by atoms with van der Waals surface area (Å²) < 4.78 is 27.1. The summed E-state index contributed by atoms with van der Waals surface area (Å²) in [6, 6.07) is 18.9. The molecule has 1 aliphatic heterocycles. The molecule has 2 N–H and O–H groups in total. The molecule has 0 saturated carbocycles. The van der Waals surface area contributed by atoms with Crippen molar-refractivity contribution >= 4 is 31.5 Å². The summed E-state index contributed by atoms with van der Waals surface area (Å²) in [5, 5.41) is 12.9. The first-order valence-electron chi connectivity index (χ1n) is 10.0. The minimum atomic E-state index is -3.73. The van der Waals surface area contributed by atoms with E-state index >= 15 is 0 Å². The Bertz CT molecular complexity index is 1280. The van der Waals surface area contributed by atoms with E-state index in [0.717, 1.165) is 43.1 Å². The summed E-state index contributed by atoms with van der Waals surface area (Å²) >= 11 is 0. The number of hydrogen-bond acceptors (Lipinski definition) is 4. The Hall–Kier alpha value is -2.70. The Morgan fingerprint density at radius 2 is 1.72 bits per heavy atom. The Morgan fingerprint density at radius 1 is 0.931 bits per heavy atom. The molecule has 148 valence electrons. The van der Waals surface area contributed by atoms with Gasteiger partial charge in [-0.1, -0.05) is 42.5 Å². The van der Waals surface area contributed by atoms with Crippen LogP contribution in [0.4, 0.5) is 0 Å². The Morgan fingerprint density at radius 3 is 2.59 bits per heavy atom. The zero-order valence-corrected chi connectivity index (χ0v) is 16.9. The number of piperidine rings is 1. The molecule has 1 aliphatic rings. The number of nitrogens with one attached hydrogen (secondary N) is 2. The molecule has 1 saturated heterocycles.